The van der Waals surface area contributed by atoms with E-state index in [0.29, 0.717) is 18.1 Å². The quantitative estimate of drug-likeness (QED) is 0.447. The molecule has 0 unspecified atom stereocenters. The molecule has 0 atom stereocenters. The molecule has 0 saturated carbocycles. The third-order valence-corrected chi connectivity index (χ3v) is 4.46. The summed E-state index contributed by atoms with van der Waals surface area (Å²) in [4.78, 5) is 16.4. The first kappa shape index (κ1) is 20.5. The molecule has 7 nitrogen and oxygen atoms in total. The topological polar surface area (TPSA) is 82.2 Å². The van der Waals surface area contributed by atoms with Gasteiger partial charge in [0.1, 0.15) is 36.1 Å². The van der Waals surface area contributed by atoms with Crippen LogP contribution in [0.5, 0.6) is 5.75 Å². The van der Waals surface area contributed by atoms with E-state index in [2.05, 4.69) is 15.4 Å². The Kier molecular flexibility index (Phi) is 5.94. The number of aromatic nitrogens is 3. The van der Waals surface area contributed by atoms with Crippen molar-refractivity contribution in [1.82, 2.24) is 14.8 Å². The lowest BCUT2D eigenvalue weighted by Gasteiger charge is -2.06. The molecule has 2 aromatic carbocycles. The number of halogens is 3. The fraction of sp³-hybridized carbons (Fsp3) is 0.0952. The molecule has 1 amide bonds. The minimum Gasteiger partial charge on any atom is -0.484 e. The number of carbonyl (C=O) groups excluding carboxylic acids is 1. The van der Waals surface area contributed by atoms with Crippen molar-refractivity contribution in [2.75, 3.05) is 5.32 Å². The van der Waals surface area contributed by atoms with Crippen molar-refractivity contribution in [2.24, 2.45) is 0 Å². The van der Waals surface area contributed by atoms with Gasteiger partial charge in [-0.2, -0.15) is 0 Å². The van der Waals surface area contributed by atoms with E-state index in [1.165, 1.54) is 41.3 Å². The number of benzene rings is 2. The monoisotopic (exact) mass is 444 g/mol. The van der Waals surface area contributed by atoms with E-state index < -0.39 is 11.7 Å². The van der Waals surface area contributed by atoms with Crippen LogP contribution in [0.25, 0.3) is 0 Å². The van der Waals surface area contributed by atoms with Crippen LogP contribution in [0.2, 0.25) is 5.02 Å². The van der Waals surface area contributed by atoms with Crippen LogP contribution in [0, 0.1) is 11.6 Å². The Bertz CT molecular complexity index is 1210. The second kappa shape index (κ2) is 8.97. The molecule has 0 bridgehead atoms. The van der Waals surface area contributed by atoms with E-state index in [1.54, 1.807) is 18.2 Å². The Morgan fingerprint density at radius 2 is 1.87 bits per heavy atom. The predicted molar refractivity (Wildman–Crippen MR) is 108 cm³/mol. The fourth-order valence-corrected chi connectivity index (χ4v) is 2.91. The van der Waals surface area contributed by atoms with Crippen LogP contribution in [0.4, 0.5) is 14.7 Å². The van der Waals surface area contributed by atoms with Crippen molar-refractivity contribution in [1.29, 1.82) is 0 Å². The number of anilines is 1. The molecular weight excluding hydrogens is 430 g/mol. The minimum atomic E-state index is -0.536. The van der Waals surface area contributed by atoms with Gasteiger partial charge < -0.3 is 9.15 Å². The molecule has 2 heterocycles. The van der Waals surface area contributed by atoms with Gasteiger partial charge in [0, 0.05) is 0 Å². The van der Waals surface area contributed by atoms with E-state index in [4.69, 9.17) is 20.8 Å². The van der Waals surface area contributed by atoms with Crippen molar-refractivity contribution in [3.63, 3.8) is 0 Å². The standard InChI is InChI=1S/C21H15ClF2N4O3/c22-17-9-15(24)5-7-18(17)30-11-16-6-8-19(31-16)20(29)26-21-25-12-28(27-21)10-13-1-3-14(23)4-2-13/h1-9,12H,10-11H2,(H,26,27,29). The van der Waals surface area contributed by atoms with Crippen molar-refractivity contribution in [3.05, 3.63) is 94.7 Å². The molecule has 0 fully saturated rings. The maximum atomic E-state index is 13.1. The Hall–Kier alpha value is -3.72. The second-order valence-corrected chi connectivity index (χ2v) is 6.88. The number of furan rings is 1. The van der Waals surface area contributed by atoms with Gasteiger partial charge >= 0.3 is 0 Å². The van der Waals surface area contributed by atoms with Crippen LogP contribution in [-0.2, 0) is 13.2 Å². The molecule has 2 aromatic heterocycles. The molecule has 158 valence electrons. The van der Waals surface area contributed by atoms with Crippen LogP contribution < -0.4 is 10.1 Å². The maximum Gasteiger partial charge on any atom is 0.293 e. The maximum absolute atomic E-state index is 13.1. The first-order chi connectivity index (χ1) is 15.0. The zero-order valence-corrected chi connectivity index (χ0v) is 16.6. The largest absolute Gasteiger partial charge is 0.484 e. The lowest BCUT2D eigenvalue weighted by Crippen LogP contribution is -2.12. The summed E-state index contributed by atoms with van der Waals surface area (Å²) in [5.74, 6) is -0.521. The Morgan fingerprint density at radius 1 is 1.10 bits per heavy atom. The molecule has 4 aromatic rings. The SMILES string of the molecule is O=C(Nc1ncn(Cc2ccc(F)cc2)n1)c1ccc(COc2ccc(F)cc2Cl)o1. The number of hydrogen-bond acceptors (Lipinski definition) is 5. The van der Waals surface area contributed by atoms with Gasteiger partial charge in [-0.3, -0.25) is 10.1 Å². The molecule has 4 rings (SSSR count). The van der Waals surface area contributed by atoms with Gasteiger partial charge in [-0.1, -0.05) is 23.7 Å². The molecule has 0 aliphatic rings. The Balaban J connectivity index is 1.33. The summed E-state index contributed by atoms with van der Waals surface area (Å²) in [6, 6.07) is 12.8. The van der Waals surface area contributed by atoms with Gasteiger partial charge in [0.2, 0.25) is 5.95 Å². The van der Waals surface area contributed by atoms with Crippen molar-refractivity contribution >= 4 is 23.5 Å². The normalized spacial score (nSPS) is 10.8. The smallest absolute Gasteiger partial charge is 0.293 e. The average Bonchev–Trinajstić information content (AvgIpc) is 3.39. The molecule has 0 spiro atoms. The van der Waals surface area contributed by atoms with Crippen LogP contribution in [-0.4, -0.2) is 20.7 Å². The van der Waals surface area contributed by atoms with Crippen LogP contribution in [0.15, 0.2) is 65.3 Å². The van der Waals surface area contributed by atoms with Gasteiger partial charge in [-0.05, 0) is 48.0 Å². The van der Waals surface area contributed by atoms with Crippen LogP contribution >= 0.6 is 11.6 Å². The molecule has 10 heteroatoms. The zero-order valence-electron chi connectivity index (χ0n) is 15.9. The van der Waals surface area contributed by atoms with E-state index in [-0.39, 0.29) is 29.2 Å². The van der Waals surface area contributed by atoms with Crippen molar-refractivity contribution < 1.29 is 22.7 Å². The van der Waals surface area contributed by atoms with Gasteiger partial charge in [0.25, 0.3) is 5.91 Å². The highest BCUT2D eigenvalue weighted by atomic mass is 35.5. The second-order valence-electron chi connectivity index (χ2n) is 6.48. The third-order valence-electron chi connectivity index (χ3n) is 4.17. The summed E-state index contributed by atoms with van der Waals surface area (Å²) in [5, 5.41) is 6.83. The van der Waals surface area contributed by atoms with Gasteiger partial charge in [-0.15, -0.1) is 5.10 Å². The van der Waals surface area contributed by atoms with Gasteiger partial charge in [0.15, 0.2) is 5.76 Å². The molecule has 1 N–H and O–H groups in total. The average molecular weight is 445 g/mol. The number of rotatable bonds is 7. The van der Waals surface area contributed by atoms with E-state index in [1.807, 2.05) is 0 Å². The summed E-state index contributed by atoms with van der Waals surface area (Å²) in [7, 11) is 0. The first-order valence-electron chi connectivity index (χ1n) is 9.08. The highest BCUT2D eigenvalue weighted by Gasteiger charge is 2.14. The summed E-state index contributed by atoms with van der Waals surface area (Å²) in [6.07, 6.45) is 1.45. The number of ether oxygens (including phenoxy) is 1. The lowest BCUT2D eigenvalue weighted by molar-refractivity contribution is 0.0991. The molecule has 0 aliphatic heterocycles. The van der Waals surface area contributed by atoms with Crippen LogP contribution in [0.1, 0.15) is 21.9 Å². The highest BCUT2D eigenvalue weighted by Crippen LogP contribution is 2.26. The van der Waals surface area contributed by atoms with Gasteiger partial charge in [0.05, 0.1) is 11.6 Å². The Morgan fingerprint density at radius 3 is 2.65 bits per heavy atom. The fourth-order valence-electron chi connectivity index (χ4n) is 2.69. The summed E-state index contributed by atoms with van der Waals surface area (Å²) in [5.41, 5.74) is 0.834. The number of nitrogens with zero attached hydrogens (tertiary/aromatic N) is 3. The van der Waals surface area contributed by atoms with Gasteiger partial charge in [-0.25, -0.2) is 18.4 Å². The van der Waals surface area contributed by atoms with E-state index >= 15 is 0 Å². The lowest BCUT2D eigenvalue weighted by atomic mass is 10.2. The summed E-state index contributed by atoms with van der Waals surface area (Å²) >= 11 is 5.91. The summed E-state index contributed by atoms with van der Waals surface area (Å²) < 4.78 is 38.5. The van der Waals surface area contributed by atoms with E-state index in [9.17, 15) is 13.6 Å². The molecular formula is C21H15ClF2N4O3. The first-order valence-corrected chi connectivity index (χ1v) is 9.46. The van der Waals surface area contributed by atoms with Crippen molar-refractivity contribution in [2.45, 2.75) is 13.2 Å². The molecule has 0 saturated heterocycles. The Labute approximate surface area is 180 Å². The third kappa shape index (κ3) is 5.26. The molecule has 0 aliphatic carbocycles. The van der Waals surface area contributed by atoms with Crippen molar-refractivity contribution in [3.8, 4) is 5.75 Å². The molecule has 31 heavy (non-hydrogen) atoms. The van der Waals surface area contributed by atoms with Crippen LogP contribution in [0.3, 0.4) is 0 Å². The number of carbonyl (C=O) groups is 1. The summed E-state index contributed by atoms with van der Waals surface area (Å²) in [6.45, 7) is 0.376. The number of amides is 1. The zero-order chi connectivity index (χ0) is 21.8. The predicted octanol–water partition coefficient (Wildman–Crippen LogP) is 4.68. The number of hydrogen-bond donors (Lipinski definition) is 1. The van der Waals surface area contributed by atoms with E-state index in [0.717, 1.165) is 11.6 Å². The minimum absolute atomic E-state index is 0.00315. The number of nitrogens with one attached hydrogen (secondary N) is 1. The highest BCUT2D eigenvalue weighted by molar-refractivity contribution is 6.32. The molecule has 0 radical (unpaired) electrons.